The van der Waals surface area contributed by atoms with Crippen LogP contribution in [0, 0.1) is 17.6 Å². The summed E-state index contributed by atoms with van der Waals surface area (Å²) in [6.07, 6.45) is 4.41. The van der Waals surface area contributed by atoms with Gasteiger partial charge in [0.1, 0.15) is 12.4 Å². The number of hydrogen-bond acceptors (Lipinski definition) is 3. The Morgan fingerprint density at radius 3 is 2.53 bits per heavy atom. The van der Waals surface area contributed by atoms with E-state index in [1.54, 1.807) is 4.90 Å². The highest BCUT2D eigenvalue weighted by Gasteiger charge is 2.23. The van der Waals surface area contributed by atoms with E-state index in [1.807, 2.05) is 30.3 Å². The molecule has 2 aromatic carbocycles. The first-order valence-electron chi connectivity index (χ1n) is 10.3. The smallest absolute Gasteiger partial charge is 0.410 e. The molecule has 0 N–H and O–H groups in total. The van der Waals surface area contributed by atoms with Crippen molar-refractivity contribution >= 4 is 22.0 Å². The van der Waals surface area contributed by atoms with Crippen molar-refractivity contribution in [3.05, 3.63) is 64.1 Å². The molecule has 1 aliphatic heterocycles. The minimum absolute atomic E-state index is 0.0574. The maximum atomic E-state index is 13.7. The number of unbranched alkanes of at least 4 members (excludes halogenated alkanes) is 1. The maximum absolute atomic E-state index is 13.7. The summed E-state index contributed by atoms with van der Waals surface area (Å²) in [5.41, 5.74) is 0.980. The van der Waals surface area contributed by atoms with Crippen LogP contribution in [-0.4, -0.2) is 30.7 Å². The summed E-state index contributed by atoms with van der Waals surface area (Å²) in [7, 11) is 0. The van der Waals surface area contributed by atoms with Gasteiger partial charge in [-0.15, -0.1) is 0 Å². The van der Waals surface area contributed by atoms with Gasteiger partial charge in [-0.1, -0.05) is 36.8 Å². The number of piperidine rings is 1. The number of nitrogens with zero attached hydrogens (tertiary/aromatic N) is 1. The number of likely N-dealkylation sites (tertiary alicyclic amines) is 1. The highest BCUT2D eigenvalue weighted by molar-refractivity contribution is 9.10. The van der Waals surface area contributed by atoms with E-state index in [-0.39, 0.29) is 16.3 Å². The topological polar surface area (TPSA) is 38.8 Å². The molecular weight excluding hydrogens is 456 g/mol. The Morgan fingerprint density at radius 2 is 1.80 bits per heavy atom. The number of amides is 1. The number of hydrogen-bond donors (Lipinski definition) is 0. The lowest BCUT2D eigenvalue weighted by Crippen LogP contribution is -2.38. The summed E-state index contributed by atoms with van der Waals surface area (Å²) in [5, 5.41) is 0. The molecule has 0 unspecified atom stereocenters. The first kappa shape index (κ1) is 22.5. The summed E-state index contributed by atoms with van der Waals surface area (Å²) in [6, 6.07) is 11.8. The highest BCUT2D eigenvalue weighted by Crippen LogP contribution is 2.26. The fourth-order valence-corrected chi connectivity index (χ4v) is 3.86. The van der Waals surface area contributed by atoms with Crippen LogP contribution in [0.15, 0.2) is 46.9 Å². The Kier molecular flexibility index (Phi) is 8.49. The van der Waals surface area contributed by atoms with Crippen LogP contribution in [-0.2, 0) is 11.3 Å². The molecule has 0 spiro atoms. The number of rotatable bonds is 8. The minimum atomic E-state index is -0.574. The second-order valence-corrected chi connectivity index (χ2v) is 8.37. The average molecular weight is 482 g/mol. The summed E-state index contributed by atoms with van der Waals surface area (Å²) in [6.45, 7) is 2.06. The van der Waals surface area contributed by atoms with E-state index < -0.39 is 11.6 Å². The van der Waals surface area contributed by atoms with E-state index >= 15 is 0 Å². The van der Waals surface area contributed by atoms with Crippen LogP contribution < -0.4 is 4.74 Å². The fourth-order valence-electron chi connectivity index (χ4n) is 3.55. The molecule has 0 saturated carbocycles. The third-order valence-corrected chi connectivity index (χ3v) is 5.92. The lowest BCUT2D eigenvalue weighted by atomic mass is 9.92. The lowest BCUT2D eigenvalue weighted by Gasteiger charge is -2.31. The maximum Gasteiger partial charge on any atom is 0.410 e. The number of benzene rings is 2. The molecule has 1 heterocycles. The van der Waals surface area contributed by atoms with E-state index in [1.165, 1.54) is 0 Å². The van der Waals surface area contributed by atoms with Crippen LogP contribution in [0.25, 0.3) is 0 Å². The van der Waals surface area contributed by atoms with E-state index in [9.17, 15) is 13.6 Å². The number of carbonyl (C=O) groups excluding carboxylic acids is 1. The van der Waals surface area contributed by atoms with Crippen molar-refractivity contribution in [2.45, 2.75) is 38.7 Å². The van der Waals surface area contributed by atoms with Gasteiger partial charge in [0.05, 0.1) is 11.1 Å². The Balaban J connectivity index is 1.29. The van der Waals surface area contributed by atoms with Gasteiger partial charge in [-0.05, 0) is 59.2 Å². The van der Waals surface area contributed by atoms with Crippen LogP contribution in [0.1, 0.15) is 37.7 Å². The second kappa shape index (κ2) is 11.3. The SMILES string of the molecule is O=C(OCc1ccccc1)N1CCC(CCCCOc2cc(F)c(Br)cc2F)CC1. The van der Waals surface area contributed by atoms with Gasteiger partial charge in [0, 0.05) is 19.2 Å². The summed E-state index contributed by atoms with van der Waals surface area (Å²) in [4.78, 5) is 14.0. The van der Waals surface area contributed by atoms with E-state index in [0.717, 1.165) is 49.8 Å². The van der Waals surface area contributed by atoms with Crippen molar-refractivity contribution in [1.29, 1.82) is 0 Å². The largest absolute Gasteiger partial charge is 0.490 e. The molecule has 4 nitrogen and oxygen atoms in total. The van der Waals surface area contributed by atoms with Crippen LogP contribution in [0.5, 0.6) is 5.75 Å². The molecule has 3 rings (SSSR count). The Bertz CT molecular complexity index is 827. The van der Waals surface area contributed by atoms with Gasteiger partial charge in [-0.25, -0.2) is 13.6 Å². The van der Waals surface area contributed by atoms with Gasteiger partial charge in [0.15, 0.2) is 11.6 Å². The van der Waals surface area contributed by atoms with Gasteiger partial charge in [0.2, 0.25) is 0 Å². The third kappa shape index (κ3) is 6.69. The fraction of sp³-hybridized carbons (Fsp3) is 0.435. The molecule has 2 aromatic rings. The monoisotopic (exact) mass is 481 g/mol. The molecule has 0 bridgehead atoms. The van der Waals surface area contributed by atoms with Crippen LogP contribution in [0.2, 0.25) is 0 Å². The van der Waals surface area contributed by atoms with Gasteiger partial charge in [-0.3, -0.25) is 0 Å². The zero-order chi connectivity index (χ0) is 21.3. The average Bonchev–Trinajstić information content (AvgIpc) is 2.76. The Morgan fingerprint density at radius 1 is 1.07 bits per heavy atom. The normalized spacial score (nSPS) is 14.6. The molecule has 0 aromatic heterocycles. The molecule has 1 amide bonds. The standard InChI is InChI=1S/C23H26BrF2NO3/c24-19-14-21(26)22(15-20(19)25)29-13-5-4-6-17-9-11-27(12-10-17)23(28)30-16-18-7-2-1-3-8-18/h1-3,7-8,14-15,17H,4-6,9-13,16H2. The molecule has 0 aliphatic carbocycles. The van der Waals surface area contributed by atoms with Crippen molar-refractivity contribution < 1.29 is 23.0 Å². The minimum Gasteiger partial charge on any atom is -0.490 e. The number of halogens is 3. The first-order valence-corrected chi connectivity index (χ1v) is 11.0. The van der Waals surface area contributed by atoms with E-state index in [4.69, 9.17) is 9.47 Å². The van der Waals surface area contributed by atoms with Gasteiger partial charge in [0.25, 0.3) is 0 Å². The molecule has 1 saturated heterocycles. The van der Waals surface area contributed by atoms with Crippen molar-refractivity contribution in [2.24, 2.45) is 5.92 Å². The summed E-state index contributed by atoms with van der Waals surface area (Å²) >= 11 is 2.95. The van der Waals surface area contributed by atoms with Gasteiger partial charge >= 0.3 is 6.09 Å². The summed E-state index contributed by atoms with van der Waals surface area (Å²) in [5.74, 6) is -0.613. The zero-order valence-corrected chi connectivity index (χ0v) is 18.4. The van der Waals surface area contributed by atoms with Crippen LogP contribution in [0.3, 0.4) is 0 Å². The Labute approximate surface area is 184 Å². The quantitative estimate of drug-likeness (QED) is 0.326. The van der Waals surface area contributed by atoms with Gasteiger partial charge < -0.3 is 14.4 Å². The number of carbonyl (C=O) groups is 1. The van der Waals surface area contributed by atoms with Crippen LogP contribution in [0.4, 0.5) is 13.6 Å². The second-order valence-electron chi connectivity index (χ2n) is 7.51. The first-order chi connectivity index (χ1) is 14.5. The Hall–Kier alpha value is -2.15. The third-order valence-electron chi connectivity index (χ3n) is 5.32. The molecule has 7 heteroatoms. The zero-order valence-electron chi connectivity index (χ0n) is 16.8. The summed E-state index contributed by atoms with van der Waals surface area (Å²) < 4.78 is 38.0. The molecule has 0 radical (unpaired) electrons. The molecular formula is C23H26BrF2NO3. The predicted molar refractivity (Wildman–Crippen MR) is 114 cm³/mol. The van der Waals surface area contributed by atoms with Crippen molar-refractivity contribution in [1.82, 2.24) is 4.90 Å². The van der Waals surface area contributed by atoms with Crippen molar-refractivity contribution in [3.63, 3.8) is 0 Å². The molecule has 162 valence electrons. The lowest BCUT2D eigenvalue weighted by molar-refractivity contribution is 0.0812. The van der Waals surface area contributed by atoms with E-state index in [0.29, 0.717) is 32.2 Å². The molecule has 30 heavy (non-hydrogen) atoms. The molecule has 0 atom stereocenters. The van der Waals surface area contributed by atoms with Crippen LogP contribution >= 0.6 is 15.9 Å². The molecule has 1 fully saturated rings. The number of ether oxygens (including phenoxy) is 2. The highest BCUT2D eigenvalue weighted by atomic mass is 79.9. The van der Waals surface area contributed by atoms with Crippen molar-refractivity contribution in [3.8, 4) is 5.75 Å². The van der Waals surface area contributed by atoms with E-state index in [2.05, 4.69) is 15.9 Å². The van der Waals surface area contributed by atoms with Gasteiger partial charge in [-0.2, -0.15) is 0 Å². The van der Waals surface area contributed by atoms with Crippen molar-refractivity contribution in [2.75, 3.05) is 19.7 Å². The molecule has 1 aliphatic rings. The predicted octanol–water partition coefficient (Wildman–Crippen LogP) is 6.33.